The van der Waals surface area contributed by atoms with Crippen LogP contribution in [-0.2, 0) is 9.59 Å². The third kappa shape index (κ3) is 6.09. The van der Waals surface area contributed by atoms with E-state index in [0.717, 1.165) is 19.4 Å². The van der Waals surface area contributed by atoms with Crippen LogP contribution in [0.15, 0.2) is 0 Å². The van der Waals surface area contributed by atoms with Gasteiger partial charge < -0.3 is 15.5 Å². The molecule has 0 unspecified atom stereocenters. The van der Waals surface area contributed by atoms with Crippen molar-refractivity contribution in [2.75, 3.05) is 26.7 Å². The lowest BCUT2D eigenvalue weighted by molar-refractivity contribution is -0.135. The number of rotatable bonds is 5. The third-order valence-electron chi connectivity index (χ3n) is 3.62. The number of piperidine rings is 1. The lowest BCUT2D eigenvalue weighted by Gasteiger charge is -2.30. The van der Waals surface area contributed by atoms with E-state index >= 15 is 0 Å². The molecule has 2 atom stereocenters. The molecule has 1 aliphatic heterocycles. The maximum atomic E-state index is 12.2. The Morgan fingerprint density at radius 1 is 1.40 bits per heavy atom. The Balaban J connectivity index is 0.00000361. The van der Waals surface area contributed by atoms with Crippen LogP contribution in [0.3, 0.4) is 0 Å². The highest BCUT2D eigenvalue weighted by Gasteiger charge is 2.26. The molecule has 5 nitrogen and oxygen atoms in total. The Labute approximate surface area is 128 Å². The molecule has 2 N–H and O–H groups in total. The zero-order valence-electron chi connectivity index (χ0n) is 12.9. The number of hydrogen-bond acceptors (Lipinski definition) is 3. The summed E-state index contributed by atoms with van der Waals surface area (Å²) in [4.78, 5) is 25.4. The van der Waals surface area contributed by atoms with Crippen LogP contribution >= 0.6 is 12.4 Å². The van der Waals surface area contributed by atoms with Gasteiger partial charge in [0.15, 0.2) is 0 Å². The van der Waals surface area contributed by atoms with Crippen LogP contribution in [0.2, 0.25) is 0 Å². The standard InChI is InChI=1S/C14H27N3O2.ClH/c1-10(2)13(18)16-7-8-17(4)14(19)12-5-6-15-11(3)9-12;/h10-12,15H,5-9H2,1-4H3,(H,16,18);1H/t11-,12-;/m0./s1. The Bertz CT molecular complexity index is 324. The average Bonchev–Trinajstić information content (AvgIpc) is 2.37. The molecule has 2 amide bonds. The topological polar surface area (TPSA) is 61.4 Å². The quantitative estimate of drug-likeness (QED) is 0.797. The number of amides is 2. The van der Waals surface area contributed by atoms with Crippen LogP contribution in [0.4, 0.5) is 0 Å². The number of halogens is 1. The van der Waals surface area contributed by atoms with Crippen molar-refractivity contribution in [3.8, 4) is 0 Å². The lowest BCUT2D eigenvalue weighted by atomic mass is 9.92. The van der Waals surface area contributed by atoms with Crippen molar-refractivity contribution in [2.24, 2.45) is 11.8 Å². The highest BCUT2D eigenvalue weighted by Crippen LogP contribution is 2.18. The third-order valence-corrected chi connectivity index (χ3v) is 3.62. The van der Waals surface area contributed by atoms with E-state index < -0.39 is 0 Å². The maximum Gasteiger partial charge on any atom is 0.225 e. The first-order chi connectivity index (χ1) is 8.91. The SMILES string of the molecule is CC(C)C(=O)NCCN(C)C(=O)[C@H]1CCN[C@@H](C)C1.Cl. The summed E-state index contributed by atoms with van der Waals surface area (Å²) in [5.74, 6) is 0.358. The molecule has 1 aliphatic rings. The minimum Gasteiger partial charge on any atom is -0.354 e. The molecule has 118 valence electrons. The van der Waals surface area contributed by atoms with E-state index in [1.54, 1.807) is 4.90 Å². The number of hydrogen-bond donors (Lipinski definition) is 2. The second kappa shape index (κ2) is 9.19. The Morgan fingerprint density at radius 3 is 2.60 bits per heavy atom. The molecule has 1 heterocycles. The first kappa shape index (κ1) is 19.2. The molecule has 0 spiro atoms. The second-order valence-corrected chi connectivity index (χ2v) is 5.78. The van der Waals surface area contributed by atoms with E-state index in [1.165, 1.54) is 0 Å². The highest BCUT2D eigenvalue weighted by atomic mass is 35.5. The van der Waals surface area contributed by atoms with Crippen molar-refractivity contribution >= 4 is 24.2 Å². The zero-order valence-corrected chi connectivity index (χ0v) is 13.8. The summed E-state index contributed by atoms with van der Waals surface area (Å²) < 4.78 is 0. The van der Waals surface area contributed by atoms with Gasteiger partial charge >= 0.3 is 0 Å². The predicted octanol–water partition coefficient (Wildman–Crippen LogP) is 1.03. The van der Waals surface area contributed by atoms with Crippen LogP contribution < -0.4 is 10.6 Å². The molecular weight excluding hydrogens is 278 g/mol. The van der Waals surface area contributed by atoms with Gasteiger partial charge in [-0.15, -0.1) is 12.4 Å². The second-order valence-electron chi connectivity index (χ2n) is 5.78. The Hall–Kier alpha value is -0.810. The van der Waals surface area contributed by atoms with Crippen molar-refractivity contribution in [3.63, 3.8) is 0 Å². The fourth-order valence-electron chi connectivity index (χ4n) is 2.33. The van der Waals surface area contributed by atoms with Crippen molar-refractivity contribution in [2.45, 2.75) is 39.7 Å². The monoisotopic (exact) mass is 305 g/mol. The molecule has 1 fully saturated rings. The van der Waals surface area contributed by atoms with Gasteiger partial charge in [0.1, 0.15) is 0 Å². The Morgan fingerprint density at radius 2 is 2.05 bits per heavy atom. The molecule has 0 radical (unpaired) electrons. The van der Waals surface area contributed by atoms with Gasteiger partial charge in [0.25, 0.3) is 0 Å². The lowest BCUT2D eigenvalue weighted by Crippen LogP contribution is -2.45. The minimum absolute atomic E-state index is 0. The fourth-order valence-corrected chi connectivity index (χ4v) is 2.33. The first-order valence-electron chi connectivity index (χ1n) is 7.18. The van der Waals surface area contributed by atoms with E-state index in [1.807, 2.05) is 20.9 Å². The van der Waals surface area contributed by atoms with Crippen LogP contribution in [0.1, 0.15) is 33.6 Å². The van der Waals surface area contributed by atoms with Crippen molar-refractivity contribution < 1.29 is 9.59 Å². The number of likely N-dealkylation sites (N-methyl/N-ethyl adjacent to an activating group) is 1. The van der Waals surface area contributed by atoms with Gasteiger partial charge in [-0.2, -0.15) is 0 Å². The molecule has 6 heteroatoms. The average molecular weight is 306 g/mol. The molecule has 0 aromatic rings. The number of carbonyl (C=O) groups is 2. The van der Waals surface area contributed by atoms with Crippen LogP contribution in [-0.4, -0.2) is 49.4 Å². The largest absolute Gasteiger partial charge is 0.354 e. The summed E-state index contributed by atoms with van der Waals surface area (Å²) in [5.41, 5.74) is 0. The zero-order chi connectivity index (χ0) is 14.4. The van der Waals surface area contributed by atoms with Gasteiger partial charge in [-0.3, -0.25) is 9.59 Å². The van der Waals surface area contributed by atoms with E-state index in [2.05, 4.69) is 17.6 Å². The number of nitrogens with one attached hydrogen (secondary N) is 2. The van der Waals surface area contributed by atoms with Gasteiger partial charge in [-0.1, -0.05) is 13.8 Å². The van der Waals surface area contributed by atoms with Crippen molar-refractivity contribution in [1.29, 1.82) is 0 Å². The first-order valence-corrected chi connectivity index (χ1v) is 7.18. The molecule has 20 heavy (non-hydrogen) atoms. The molecule has 0 aromatic heterocycles. The van der Waals surface area contributed by atoms with Crippen LogP contribution in [0, 0.1) is 11.8 Å². The van der Waals surface area contributed by atoms with Crippen molar-refractivity contribution in [1.82, 2.24) is 15.5 Å². The Kier molecular flexibility index (Phi) is 8.81. The van der Waals surface area contributed by atoms with E-state index in [0.29, 0.717) is 19.1 Å². The molecule has 0 bridgehead atoms. The van der Waals surface area contributed by atoms with Gasteiger partial charge in [-0.25, -0.2) is 0 Å². The van der Waals surface area contributed by atoms with Crippen LogP contribution in [0.25, 0.3) is 0 Å². The van der Waals surface area contributed by atoms with Gasteiger partial charge in [0.2, 0.25) is 11.8 Å². The summed E-state index contributed by atoms with van der Waals surface area (Å²) in [5, 5.41) is 6.18. The summed E-state index contributed by atoms with van der Waals surface area (Å²) in [6, 6.07) is 0.414. The minimum atomic E-state index is -0.00808. The summed E-state index contributed by atoms with van der Waals surface area (Å²) in [6.45, 7) is 7.86. The van der Waals surface area contributed by atoms with Crippen molar-refractivity contribution in [3.05, 3.63) is 0 Å². The smallest absolute Gasteiger partial charge is 0.225 e. The van der Waals surface area contributed by atoms with E-state index in [-0.39, 0.29) is 36.1 Å². The maximum absolute atomic E-state index is 12.2. The fraction of sp³-hybridized carbons (Fsp3) is 0.857. The summed E-state index contributed by atoms with van der Waals surface area (Å²) >= 11 is 0. The van der Waals surface area contributed by atoms with E-state index in [9.17, 15) is 9.59 Å². The molecule has 0 saturated carbocycles. The van der Waals surface area contributed by atoms with Crippen LogP contribution in [0.5, 0.6) is 0 Å². The molecule has 1 saturated heterocycles. The van der Waals surface area contributed by atoms with E-state index in [4.69, 9.17) is 0 Å². The predicted molar refractivity (Wildman–Crippen MR) is 82.9 cm³/mol. The molecule has 0 aliphatic carbocycles. The summed E-state index contributed by atoms with van der Waals surface area (Å²) in [6.07, 6.45) is 1.81. The number of carbonyl (C=O) groups excluding carboxylic acids is 2. The summed E-state index contributed by atoms with van der Waals surface area (Å²) in [7, 11) is 1.82. The van der Waals surface area contributed by atoms with Gasteiger partial charge in [-0.05, 0) is 26.3 Å². The highest BCUT2D eigenvalue weighted by molar-refractivity contribution is 5.85. The number of nitrogens with zero attached hydrogens (tertiary/aromatic N) is 1. The molecular formula is C14H28ClN3O2. The normalized spacial score (nSPS) is 22.1. The van der Waals surface area contributed by atoms with Gasteiger partial charge in [0.05, 0.1) is 0 Å². The van der Waals surface area contributed by atoms with Gasteiger partial charge in [0, 0.05) is 38.0 Å². The molecule has 0 aromatic carbocycles. The molecule has 1 rings (SSSR count).